The maximum atomic E-state index is 12.7. The van der Waals surface area contributed by atoms with E-state index in [1.807, 2.05) is 62.4 Å². The van der Waals surface area contributed by atoms with Gasteiger partial charge < -0.3 is 5.32 Å². The van der Waals surface area contributed by atoms with Crippen molar-refractivity contribution < 1.29 is 13.2 Å². The van der Waals surface area contributed by atoms with E-state index in [0.717, 1.165) is 15.6 Å². The monoisotopic (exact) mass is 478 g/mol. The summed E-state index contributed by atoms with van der Waals surface area (Å²) in [6.07, 6.45) is 1.09. The van der Waals surface area contributed by atoms with E-state index in [9.17, 15) is 13.2 Å². The Kier molecular flexibility index (Phi) is 7.14. The third-order valence-electron chi connectivity index (χ3n) is 5.39. The molecule has 1 saturated heterocycles. The minimum absolute atomic E-state index is 0.00196. The van der Waals surface area contributed by atoms with Crippen LogP contribution in [0, 0.1) is 12.8 Å². The number of sulfonamides is 1. The molecule has 7 heteroatoms. The molecule has 2 aromatic carbocycles. The fourth-order valence-electron chi connectivity index (χ4n) is 3.59. The normalized spacial score (nSPS) is 17.1. The zero-order valence-corrected chi connectivity index (χ0v) is 19.2. The molecule has 1 atom stereocenters. The highest BCUT2D eigenvalue weighted by atomic mass is 79.9. The van der Waals surface area contributed by atoms with Gasteiger partial charge >= 0.3 is 0 Å². The molecule has 0 spiro atoms. The first kappa shape index (κ1) is 22.0. The molecule has 0 aliphatic carbocycles. The smallest absolute Gasteiger partial charge is 0.223 e. The largest absolute Gasteiger partial charge is 0.349 e. The maximum absolute atomic E-state index is 12.7. The van der Waals surface area contributed by atoms with Crippen LogP contribution < -0.4 is 5.32 Å². The van der Waals surface area contributed by atoms with E-state index in [-0.39, 0.29) is 23.6 Å². The number of benzene rings is 2. The molecule has 3 rings (SSSR count). The molecule has 0 aromatic heterocycles. The first-order valence-corrected chi connectivity index (χ1v) is 12.2. The van der Waals surface area contributed by atoms with Crippen molar-refractivity contribution in [2.45, 2.75) is 38.5 Å². The summed E-state index contributed by atoms with van der Waals surface area (Å²) in [5, 5.41) is 3.07. The van der Waals surface area contributed by atoms with Crippen molar-refractivity contribution in [1.29, 1.82) is 0 Å². The van der Waals surface area contributed by atoms with Crippen molar-refractivity contribution in [3.8, 4) is 0 Å². The van der Waals surface area contributed by atoms with Crippen LogP contribution in [0.25, 0.3) is 0 Å². The maximum Gasteiger partial charge on any atom is 0.223 e. The average molecular weight is 479 g/mol. The minimum atomic E-state index is -3.39. The van der Waals surface area contributed by atoms with E-state index in [0.29, 0.717) is 25.9 Å². The summed E-state index contributed by atoms with van der Waals surface area (Å²) in [7, 11) is -3.39. The van der Waals surface area contributed by atoms with Crippen molar-refractivity contribution >= 4 is 31.9 Å². The number of nitrogens with one attached hydrogen (secondary N) is 1. The molecule has 0 saturated carbocycles. The molecule has 1 fully saturated rings. The van der Waals surface area contributed by atoms with Gasteiger partial charge in [0.05, 0.1) is 11.8 Å². The van der Waals surface area contributed by atoms with Crippen LogP contribution in [0.1, 0.15) is 42.5 Å². The van der Waals surface area contributed by atoms with Crippen LogP contribution in [0.3, 0.4) is 0 Å². The molecule has 1 aliphatic heterocycles. The van der Waals surface area contributed by atoms with Crippen LogP contribution in [-0.2, 0) is 20.6 Å². The standard InChI is InChI=1S/C22H27BrN2O3S/c1-16-6-8-19(9-7-16)17(2)24-22(26)20-10-12-25(13-11-20)29(27,28)15-18-4-3-5-21(23)14-18/h3-9,14,17,20H,10-13,15H2,1-2H3,(H,24,26)/t17-/m0/s1. The van der Waals surface area contributed by atoms with Crippen LogP contribution >= 0.6 is 15.9 Å². The Hall–Kier alpha value is -1.70. The first-order valence-electron chi connectivity index (χ1n) is 9.84. The summed E-state index contributed by atoms with van der Waals surface area (Å²) in [6.45, 7) is 4.77. The number of hydrogen-bond acceptors (Lipinski definition) is 3. The summed E-state index contributed by atoms with van der Waals surface area (Å²) >= 11 is 3.38. The average Bonchev–Trinajstić information content (AvgIpc) is 2.68. The molecule has 1 N–H and O–H groups in total. The second-order valence-electron chi connectivity index (χ2n) is 7.70. The van der Waals surface area contributed by atoms with Crippen molar-refractivity contribution in [3.05, 3.63) is 69.7 Å². The first-order chi connectivity index (χ1) is 13.7. The van der Waals surface area contributed by atoms with Gasteiger partial charge in [0.15, 0.2) is 0 Å². The van der Waals surface area contributed by atoms with E-state index in [1.54, 1.807) is 0 Å². The van der Waals surface area contributed by atoms with Gasteiger partial charge in [-0.05, 0) is 49.9 Å². The lowest BCUT2D eigenvalue weighted by Gasteiger charge is -2.31. The van der Waals surface area contributed by atoms with Gasteiger partial charge in [0.25, 0.3) is 0 Å². The lowest BCUT2D eigenvalue weighted by molar-refractivity contribution is -0.126. The van der Waals surface area contributed by atoms with Crippen molar-refractivity contribution in [3.63, 3.8) is 0 Å². The quantitative estimate of drug-likeness (QED) is 0.676. The summed E-state index contributed by atoms with van der Waals surface area (Å²) in [5.41, 5.74) is 3.01. The Balaban J connectivity index is 1.54. The van der Waals surface area contributed by atoms with Gasteiger partial charge in [-0.25, -0.2) is 12.7 Å². The molecule has 1 amide bonds. The molecule has 29 heavy (non-hydrogen) atoms. The Labute approximate surface area is 181 Å². The highest BCUT2D eigenvalue weighted by Crippen LogP contribution is 2.24. The number of piperidine rings is 1. The van der Waals surface area contributed by atoms with Crippen molar-refractivity contribution in [2.75, 3.05) is 13.1 Å². The van der Waals surface area contributed by atoms with Crippen LogP contribution in [0.15, 0.2) is 53.0 Å². The Morgan fingerprint density at radius 1 is 1.17 bits per heavy atom. The number of carbonyl (C=O) groups is 1. The molecule has 1 heterocycles. The molecular formula is C22H27BrN2O3S. The van der Waals surface area contributed by atoms with E-state index in [1.165, 1.54) is 9.87 Å². The number of amides is 1. The predicted octanol–water partition coefficient (Wildman–Crippen LogP) is 4.18. The Bertz CT molecular complexity index is 952. The predicted molar refractivity (Wildman–Crippen MR) is 119 cm³/mol. The van der Waals surface area contributed by atoms with E-state index in [4.69, 9.17) is 0 Å². The van der Waals surface area contributed by atoms with Crippen LogP contribution in [0.5, 0.6) is 0 Å². The molecule has 1 aliphatic rings. The number of aryl methyl sites for hydroxylation is 1. The molecule has 0 unspecified atom stereocenters. The third kappa shape index (κ3) is 5.90. The van der Waals surface area contributed by atoms with Gasteiger partial charge in [-0.3, -0.25) is 4.79 Å². The van der Waals surface area contributed by atoms with Gasteiger partial charge in [0.2, 0.25) is 15.9 Å². The summed E-state index contributed by atoms with van der Waals surface area (Å²) in [5.74, 6) is -0.171. The van der Waals surface area contributed by atoms with E-state index >= 15 is 0 Å². The molecule has 156 valence electrons. The fourth-order valence-corrected chi connectivity index (χ4v) is 5.59. The third-order valence-corrected chi connectivity index (χ3v) is 7.74. The number of carbonyl (C=O) groups excluding carboxylic acids is 1. The van der Waals surface area contributed by atoms with Crippen LogP contribution in [0.4, 0.5) is 0 Å². The molecule has 2 aromatic rings. The summed E-state index contributed by atoms with van der Waals surface area (Å²) in [4.78, 5) is 12.6. The lowest BCUT2D eigenvalue weighted by Crippen LogP contribution is -2.43. The Morgan fingerprint density at radius 2 is 1.83 bits per heavy atom. The minimum Gasteiger partial charge on any atom is -0.349 e. The van der Waals surface area contributed by atoms with Gasteiger partial charge in [0.1, 0.15) is 0 Å². The zero-order valence-electron chi connectivity index (χ0n) is 16.8. The highest BCUT2D eigenvalue weighted by molar-refractivity contribution is 9.10. The van der Waals surface area contributed by atoms with Gasteiger partial charge in [0, 0.05) is 23.5 Å². The Morgan fingerprint density at radius 3 is 2.45 bits per heavy atom. The topological polar surface area (TPSA) is 66.5 Å². The van der Waals surface area contributed by atoms with Gasteiger partial charge in [-0.2, -0.15) is 0 Å². The fraction of sp³-hybridized carbons (Fsp3) is 0.409. The van der Waals surface area contributed by atoms with Gasteiger partial charge in [-0.1, -0.05) is 57.9 Å². The zero-order chi connectivity index (χ0) is 21.0. The second-order valence-corrected chi connectivity index (χ2v) is 10.6. The molecule has 5 nitrogen and oxygen atoms in total. The molecular weight excluding hydrogens is 452 g/mol. The number of rotatable bonds is 6. The van der Waals surface area contributed by atoms with Crippen molar-refractivity contribution in [1.82, 2.24) is 9.62 Å². The lowest BCUT2D eigenvalue weighted by atomic mass is 9.96. The van der Waals surface area contributed by atoms with E-state index < -0.39 is 10.0 Å². The number of nitrogens with zero attached hydrogens (tertiary/aromatic N) is 1. The second kappa shape index (κ2) is 9.41. The summed E-state index contributed by atoms with van der Waals surface area (Å²) < 4.78 is 27.9. The molecule has 0 bridgehead atoms. The van der Waals surface area contributed by atoms with Crippen LogP contribution in [0.2, 0.25) is 0 Å². The summed E-state index contributed by atoms with van der Waals surface area (Å²) in [6, 6.07) is 15.4. The SMILES string of the molecule is Cc1ccc([C@H](C)NC(=O)C2CCN(S(=O)(=O)Cc3cccc(Br)c3)CC2)cc1. The van der Waals surface area contributed by atoms with Gasteiger partial charge in [-0.15, -0.1) is 0 Å². The highest BCUT2D eigenvalue weighted by Gasteiger charge is 2.31. The van der Waals surface area contributed by atoms with E-state index in [2.05, 4.69) is 21.2 Å². The molecule has 0 radical (unpaired) electrons. The van der Waals surface area contributed by atoms with Crippen molar-refractivity contribution in [2.24, 2.45) is 5.92 Å². The number of hydrogen-bond donors (Lipinski definition) is 1. The van der Waals surface area contributed by atoms with Crippen LogP contribution in [-0.4, -0.2) is 31.7 Å². The number of halogens is 1.